The fourth-order valence-electron chi connectivity index (χ4n) is 2.72. The number of benzene rings is 1. The number of rotatable bonds is 6. The Hall–Kier alpha value is -0.900. The van der Waals surface area contributed by atoms with Gasteiger partial charge in [0.2, 0.25) is 0 Å². The summed E-state index contributed by atoms with van der Waals surface area (Å²) in [6.07, 6.45) is 2.96. The van der Waals surface area contributed by atoms with Crippen LogP contribution in [-0.4, -0.2) is 31.5 Å². The molecule has 2 N–H and O–H groups in total. The van der Waals surface area contributed by atoms with Gasteiger partial charge in [0.15, 0.2) is 0 Å². The Bertz CT molecular complexity index is 396. The fraction of sp³-hybridized carbons (Fsp3) is 0.647. The van der Waals surface area contributed by atoms with Crippen molar-refractivity contribution in [2.24, 2.45) is 5.41 Å². The minimum Gasteiger partial charge on any atom is -0.396 e. The molecule has 112 valence electrons. The van der Waals surface area contributed by atoms with Gasteiger partial charge in [0, 0.05) is 31.2 Å². The van der Waals surface area contributed by atoms with Crippen LogP contribution >= 0.6 is 0 Å². The maximum absolute atomic E-state index is 9.70. The number of hydrogen-bond acceptors (Lipinski definition) is 3. The standard InChI is InChI=1S/C17H27NO2/c1-3-15-4-6-16(7-5-15)14(2)18-12-17(13-19)8-10-20-11-9-17/h4-7,14,18-19H,3,8-13H2,1-2H3. The van der Waals surface area contributed by atoms with E-state index < -0.39 is 0 Å². The van der Waals surface area contributed by atoms with Gasteiger partial charge in [0.1, 0.15) is 0 Å². The smallest absolute Gasteiger partial charge is 0.0501 e. The molecular formula is C17H27NO2. The van der Waals surface area contributed by atoms with Crippen molar-refractivity contribution < 1.29 is 9.84 Å². The van der Waals surface area contributed by atoms with Gasteiger partial charge in [-0.2, -0.15) is 0 Å². The van der Waals surface area contributed by atoms with E-state index in [9.17, 15) is 5.11 Å². The number of aryl methyl sites for hydroxylation is 1. The summed E-state index contributed by atoms with van der Waals surface area (Å²) in [5.74, 6) is 0. The first kappa shape index (κ1) is 15.5. The molecule has 0 aliphatic carbocycles. The van der Waals surface area contributed by atoms with Crippen molar-refractivity contribution in [3.63, 3.8) is 0 Å². The first-order chi connectivity index (χ1) is 9.69. The van der Waals surface area contributed by atoms with Gasteiger partial charge >= 0.3 is 0 Å². The molecular weight excluding hydrogens is 250 g/mol. The molecule has 1 atom stereocenters. The second-order valence-electron chi connectivity index (χ2n) is 5.97. The summed E-state index contributed by atoms with van der Waals surface area (Å²) in [6, 6.07) is 9.11. The van der Waals surface area contributed by atoms with Gasteiger partial charge in [-0.3, -0.25) is 0 Å². The van der Waals surface area contributed by atoms with E-state index in [1.807, 2.05) is 0 Å². The van der Waals surface area contributed by atoms with Gasteiger partial charge in [-0.15, -0.1) is 0 Å². The van der Waals surface area contributed by atoms with E-state index in [0.717, 1.165) is 39.0 Å². The van der Waals surface area contributed by atoms with E-state index in [1.165, 1.54) is 11.1 Å². The van der Waals surface area contributed by atoms with E-state index in [4.69, 9.17) is 4.74 Å². The second kappa shape index (κ2) is 7.21. The molecule has 3 heteroatoms. The molecule has 20 heavy (non-hydrogen) atoms. The average Bonchev–Trinajstić information content (AvgIpc) is 2.53. The number of hydrogen-bond donors (Lipinski definition) is 2. The van der Waals surface area contributed by atoms with Crippen LogP contribution in [0.1, 0.15) is 43.9 Å². The molecule has 1 aromatic rings. The molecule has 0 amide bonds. The Morgan fingerprint density at radius 2 is 1.90 bits per heavy atom. The highest BCUT2D eigenvalue weighted by molar-refractivity contribution is 5.24. The maximum Gasteiger partial charge on any atom is 0.0501 e. The predicted molar refractivity (Wildman–Crippen MR) is 81.8 cm³/mol. The summed E-state index contributed by atoms with van der Waals surface area (Å²) in [4.78, 5) is 0. The molecule has 0 bridgehead atoms. The molecule has 1 aliphatic heterocycles. The van der Waals surface area contributed by atoms with Crippen LogP contribution in [0.4, 0.5) is 0 Å². The Kier molecular flexibility index (Phi) is 5.58. The third-order valence-corrected chi connectivity index (χ3v) is 4.56. The number of ether oxygens (including phenoxy) is 1. The zero-order valence-corrected chi connectivity index (χ0v) is 12.7. The van der Waals surface area contributed by atoms with Crippen molar-refractivity contribution in [3.8, 4) is 0 Å². The summed E-state index contributed by atoms with van der Waals surface area (Å²) in [6.45, 7) is 6.98. The summed E-state index contributed by atoms with van der Waals surface area (Å²) >= 11 is 0. The Morgan fingerprint density at radius 3 is 2.45 bits per heavy atom. The molecule has 0 radical (unpaired) electrons. The summed E-state index contributed by atoms with van der Waals surface area (Å²) in [5.41, 5.74) is 2.68. The molecule has 3 nitrogen and oxygen atoms in total. The van der Waals surface area contributed by atoms with Gasteiger partial charge in [0.25, 0.3) is 0 Å². The molecule has 1 fully saturated rings. The minimum atomic E-state index is -0.00410. The van der Waals surface area contributed by atoms with Crippen LogP contribution in [0.15, 0.2) is 24.3 Å². The van der Waals surface area contributed by atoms with Crippen LogP contribution < -0.4 is 5.32 Å². The van der Waals surface area contributed by atoms with E-state index in [0.29, 0.717) is 6.04 Å². The van der Waals surface area contributed by atoms with Gasteiger partial charge < -0.3 is 15.2 Å². The largest absolute Gasteiger partial charge is 0.396 e. The molecule has 1 aromatic carbocycles. The quantitative estimate of drug-likeness (QED) is 0.840. The molecule has 2 rings (SSSR count). The molecule has 1 heterocycles. The minimum absolute atomic E-state index is 0.00410. The highest BCUT2D eigenvalue weighted by atomic mass is 16.5. The molecule has 1 saturated heterocycles. The first-order valence-electron chi connectivity index (χ1n) is 7.70. The number of aliphatic hydroxyl groups excluding tert-OH is 1. The van der Waals surface area contributed by atoms with E-state index >= 15 is 0 Å². The lowest BCUT2D eigenvalue weighted by Gasteiger charge is -2.36. The van der Waals surface area contributed by atoms with Crippen molar-refractivity contribution in [2.75, 3.05) is 26.4 Å². The van der Waals surface area contributed by atoms with Gasteiger partial charge in [-0.1, -0.05) is 31.2 Å². The molecule has 1 unspecified atom stereocenters. The third kappa shape index (κ3) is 3.81. The van der Waals surface area contributed by atoms with Crippen molar-refractivity contribution >= 4 is 0 Å². The zero-order valence-electron chi connectivity index (χ0n) is 12.7. The highest BCUT2D eigenvalue weighted by Crippen LogP contribution is 2.30. The maximum atomic E-state index is 9.70. The van der Waals surface area contributed by atoms with Gasteiger partial charge in [0.05, 0.1) is 6.61 Å². The Balaban J connectivity index is 1.91. The van der Waals surface area contributed by atoms with Crippen molar-refractivity contribution in [1.29, 1.82) is 0 Å². The Morgan fingerprint density at radius 1 is 1.25 bits per heavy atom. The summed E-state index contributed by atoms with van der Waals surface area (Å²) in [5, 5.41) is 13.3. The lowest BCUT2D eigenvalue weighted by Crippen LogP contribution is -2.42. The third-order valence-electron chi connectivity index (χ3n) is 4.56. The predicted octanol–water partition coefficient (Wildman–Crippen LogP) is 2.69. The van der Waals surface area contributed by atoms with E-state index in [1.54, 1.807) is 0 Å². The molecule has 0 aromatic heterocycles. The second-order valence-corrected chi connectivity index (χ2v) is 5.97. The summed E-state index contributed by atoms with van der Waals surface area (Å²) < 4.78 is 5.40. The normalized spacial score (nSPS) is 19.8. The number of aliphatic hydroxyl groups is 1. The van der Waals surface area contributed by atoms with Crippen molar-refractivity contribution in [3.05, 3.63) is 35.4 Å². The van der Waals surface area contributed by atoms with Crippen molar-refractivity contribution in [2.45, 2.75) is 39.2 Å². The van der Waals surface area contributed by atoms with Crippen LogP contribution in [0.3, 0.4) is 0 Å². The van der Waals surface area contributed by atoms with Crippen LogP contribution in [0.5, 0.6) is 0 Å². The molecule has 1 aliphatic rings. The van der Waals surface area contributed by atoms with Gasteiger partial charge in [-0.05, 0) is 37.3 Å². The molecule has 0 saturated carbocycles. The topological polar surface area (TPSA) is 41.5 Å². The van der Waals surface area contributed by atoms with E-state index in [2.05, 4.69) is 43.4 Å². The number of nitrogens with one attached hydrogen (secondary N) is 1. The van der Waals surface area contributed by atoms with Crippen LogP contribution in [0.25, 0.3) is 0 Å². The summed E-state index contributed by atoms with van der Waals surface area (Å²) in [7, 11) is 0. The van der Waals surface area contributed by atoms with Crippen molar-refractivity contribution in [1.82, 2.24) is 5.32 Å². The SMILES string of the molecule is CCc1ccc(C(C)NCC2(CO)CCOCC2)cc1. The van der Waals surface area contributed by atoms with Crippen LogP contribution in [0, 0.1) is 5.41 Å². The average molecular weight is 277 g/mol. The Labute approximate surface area is 122 Å². The molecule has 0 spiro atoms. The monoisotopic (exact) mass is 277 g/mol. The van der Waals surface area contributed by atoms with E-state index in [-0.39, 0.29) is 12.0 Å². The highest BCUT2D eigenvalue weighted by Gasteiger charge is 2.32. The first-order valence-corrected chi connectivity index (χ1v) is 7.70. The zero-order chi connectivity index (χ0) is 14.4. The van der Waals surface area contributed by atoms with Crippen LogP contribution in [-0.2, 0) is 11.2 Å². The van der Waals surface area contributed by atoms with Crippen LogP contribution in [0.2, 0.25) is 0 Å². The lowest BCUT2D eigenvalue weighted by molar-refractivity contribution is -0.0163. The fourth-order valence-corrected chi connectivity index (χ4v) is 2.72. The lowest BCUT2D eigenvalue weighted by atomic mass is 9.80. The van der Waals surface area contributed by atoms with Gasteiger partial charge in [-0.25, -0.2) is 0 Å².